The van der Waals surface area contributed by atoms with E-state index in [1.807, 2.05) is 0 Å². The quantitative estimate of drug-likeness (QED) is 0.506. The number of sulfone groups is 1. The van der Waals surface area contributed by atoms with Gasteiger partial charge in [-0.15, -0.1) is 0 Å². The van der Waals surface area contributed by atoms with Crippen molar-refractivity contribution in [3.63, 3.8) is 0 Å². The number of carboxylic acids is 1. The number of benzene rings is 2. The van der Waals surface area contributed by atoms with E-state index >= 15 is 0 Å². The van der Waals surface area contributed by atoms with E-state index < -0.39 is 32.4 Å². The van der Waals surface area contributed by atoms with Gasteiger partial charge >= 0.3 is 12.1 Å². The van der Waals surface area contributed by atoms with Crippen molar-refractivity contribution in [2.75, 3.05) is 6.26 Å². The Kier molecular flexibility index (Phi) is 4.77. The number of alkyl halides is 3. The lowest BCUT2D eigenvalue weighted by atomic mass is 9.98. The third-order valence-corrected chi connectivity index (χ3v) is 6.15. The van der Waals surface area contributed by atoms with Crippen LogP contribution in [0, 0.1) is 0 Å². The molecule has 0 aliphatic heterocycles. The highest BCUT2D eigenvalue weighted by atomic mass is 32.2. The summed E-state index contributed by atoms with van der Waals surface area (Å²) in [5, 5.41) is 9.87. The van der Waals surface area contributed by atoms with Crippen molar-refractivity contribution in [1.29, 1.82) is 0 Å². The van der Waals surface area contributed by atoms with E-state index in [1.54, 1.807) is 28.7 Å². The molecule has 1 N–H and O–H groups in total. The van der Waals surface area contributed by atoms with E-state index in [0.29, 0.717) is 28.0 Å². The molecule has 10 heteroatoms. The molecule has 0 atom stereocenters. The lowest BCUT2D eigenvalue weighted by Gasteiger charge is -2.14. The lowest BCUT2D eigenvalue weighted by Crippen LogP contribution is -2.11. The van der Waals surface area contributed by atoms with Gasteiger partial charge in [-0.2, -0.15) is 13.2 Å². The van der Waals surface area contributed by atoms with Crippen LogP contribution in [0.3, 0.4) is 0 Å². The SMILES string of the molecule is CS(=O)(=O)c1ccc(Cc2c3ccccc3n3cc(C(=O)O)ncc23)c(C(F)(F)F)c1. The van der Waals surface area contributed by atoms with Crippen LogP contribution in [0.15, 0.2) is 59.8 Å². The minimum Gasteiger partial charge on any atom is -0.476 e. The number of para-hydroxylation sites is 1. The number of fused-ring (bicyclic) bond motifs is 3. The average molecular weight is 448 g/mol. The molecular weight excluding hydrogens is 433 g/mol. The van der Waals surface area contributed by atoms with Crippen LogP contribution in [0.2, 0.25) is 0 Å². The van der Waals surface area contributed by atoms with Crippen molar-refractivity contribution >= 4 is 32.2 Å². The Balaban J connectivity index is 1.96. The molecule has 0 saturated carbocycles. The summed E-state index contributed by atoms with van der Waals surface area (Å²) in [4.78, 5) is 14.8. The molecule has 0 unspecified atom stereocenters. The largest absolute Gasteiger partial charge is 0.476 e. The number of halogens is 3. The van der Waals surface area contributed by atoms with Crippen molar-refractivity contribution in [2.24, 2.45) is 0 Å². The van der Waals surface area contributed by atoms with E-state index in [9.17, 15) is 31.5 Å². The number of aromatic carboxylic acids is 1. The summed E-state index contributed by atoms with van der Waals surface area (Å²) in [6, 6.07) is 9.89. The summed E-state index contributed by atoms with van der Waals surface area (Å²) in [7, 11) is -3.82. The first-order chi connectivity index (χ1) is 14.5. The van der Waals surface area contributed by atoms with Gasteiger partial charge in [0.25, 0.3) is 0 Å². The second-order valence-corrected chi connectivity index (χ2v) is 9.11. The highest BCUT2D eigenvalue weighted by Gasteiger charge is 2.34. The molecular formula is C21H15F3N2O4S. The van der Waals surface area contributed by atoms with Crippen molar-refractivity contribution in [2.45, 2.75) is 17.5 Å². The maximum atomic E-state index is 13.7. The number of carboxylic acid groups (broad SMARTS) is 1. The maximum absolute atomic E-state index is 13.7. The van der Waals surface area contributed by atoms with E-state index in [4.69, 9.17) is 0 Å². The zero-order valence-electron chi connectivity index (χ0n) is 16.0. The zero-order chi connectivity index (χ0) is 22.6. The fraction of sp³-hybridized carbons (Fsp3) is 0.143. The Hall–Kier alpha value is -3.40. The third-order valence-electron chi connectivity index (χ3n) is 5.04. The van der Waals surface area contributed by atoms with Gasteiger partial charge in [-0.05, 0) is 29.3 Å². The predicted molar refractivity (Wildman–Crippen MR) is 107 cm³/mol. The van der Waals surface area contributed by atoms with E-state index in [0.717, 1.165) is 18.4 Å². The Bertz CT molecular complexity index is 1460. The molecule has 31 heavy (non-hydrogen) atoms. The maximum Gasteiger partial charge on any atom is 0.416 e. The third kappa shape index (κ3) is 3.74. The lowest BCUT2D eigenvalue weighted by molar-refractivity contribution is -0.138. The van der Waals surface area contributed by atoms with Gasteiger partial charge < -0.3 is 9.51 Å². The summed E-state index contributed by atoms with van der Waals surface area (Å²) < 4.78 is 66.3. The van der Waals surface area contributed by atoms with Gasteiger partial charge in [0.15, 0.2) is 15.5 Å². The van der Waals surface area contributed by atoms with Crippen LogP contribution in [-0.2, 0) is 22.4 Å². The Morgan fingerprint density at radius 1 is 1.13 bits per heavy atom. The first kappa shape index (κ1) is 20.9. The molecule has 0 amide bonds. The van der Waals surface area contributed by atoms with Crippen molar-refractivity contribution in [1.82, 2.24) is 9.38 Å². The van der Waals surface area contributed by atoms with E-state index in [2.05, 4.69) is 4.98 Å². The fourth-order valence-corrected chi connectivity index (χ4v) is 4.26. The first-order valence-corrected chi connectivity index (χ1v) is 10.9. The Labute approximate surface area is 174 Å². The van der Waals surface area contributed by atoms with Gasteiger partial charge in [-0.3, -0.25) is 0 Å². The molecule has 0 radical (unpaired) electrons. The van der Waals surface area contributed by atoms with Crippen LogP contribution in [0.5, 0.6) is 0 Å². The molecule has 4 aromatic rings. The van der Waals surface area contributed by atoms with Crippen LogP contribution >= 0.6 is 0 Å². The normalized spacial score (nSPS) is 12.5. The minimum atomic E-state index is -4.75. The minimum absolute atomic E-state index is 0.0968. The number of nitrogens with zero attached hydrogens (tertiary/aromatic N) is 2. The molecule has 0 fully saturated rings. The van der Waals surface area contributed by atoms with Crippen LogP contribution < -0.4 is 0 Å². The van der Waals surface area contributed by atoms with Crippen molar-refractivity contribution < 1.29 is 31.5 Å². The standard InChI is InChI=1S/C21H15F3N2O4S/c1-31(29,30)13-7-6-12(16(9-13)21(22,23)24)8-15-14-4-2-3-5-18(14)26-11-17(20(27)28)25-10-19(15)26/h2-7,9-11H,8H2,1H3,(H,27,28). The van der Waals surface area contributed by atoms with Crippen molar-refractivity contribution in [3.8, 4) is 0 Å². The summed E-state index contributed by atoms with van der Waals surface area (Å²) in [6.07, 6.45) is -1.42. The highest BCUT2D eigenvalue weighted by Crippen LogP contribution is 2.36. The van der Waals surface area contributed by atoms with Crippen LogP contribution in [0.25, 0.3) is 16.4 Å². The van der Waals surface area contributed by atoms with Crippen LogP contribution in [0.1, 0.15) is 27.2 Å². The number of hydrogen-bond acceptors (Lipinski definition) is 4. The predicted octanol–water partition coefficient (Wildman–Crippen LogP) is 4.20. The Morgan fingerprint density at radius 3 is 2.48 bits per heavy atom. The molecule has 0 saturated heterocycles. The molecule has 6 nitrogen and oxygen atoms in total. The number of carbonyl (C=O) groups is 1. The number of hydrogen-bond donors (Lipinski definition) is 1. The Morgan fingerprint density at radius 2 is 1.84 bits per heavy atom. The summed E-state index contributed by atoms with van der Waals surface area (Å²) in [5.41, 5.74) is 0.283. The molecule has 0 aliphatic carbocycles. The van der Waals surface area contributed by atoms with Gasteiger partial charge in [0.2, 0.25) is 0 Å². The van der Waals surface area contributed by atoms with E-state index in [-0.39, 0.29) is 17.7 Å². The van der Waals surface area contributed by atoms with Crippen LogP contribution in [-0.4, -0.2) is 35.1 Å². The molecule has 160 valence electrons. The molecule has 2 aromatic heterocycles. The first-order valence-electron chi connectivity index (χ1n) is 8.98. The molecule has 2 aromatic carbocycles. The molecule has 0 bridgehead atoms. The van der Waals surface area contributed by atoms with Crippen molar-refractivity contribution in [3.05, 3.63) is 77.2 Å². The number of rotatable bonds is 4. The van der Waals surface area contributed by atoms with Gasteiger partial charge in [-0.1, -0.05) is 24.3 Å². The molecule has 2 heterocycles. The molecule has 4 rings (SSSR count). The molecule has 0 aliphatic rings. The van der Waals surface area contributed by atoms with Crippen LogP contribution in [0.4, 0.5) is 13.2 Å². The fourth-order valence-electron chi connectivity index (χ4n) is 3.61. The summed E-state index contributed by atoms with van der Waals surface area (Å²) >= 11 is 0. The summed E-state index contributed by atoms with van der Waals surface area (Å²) in [6.45, 7) is 0. The van der Waals surface area contributed by atoms with E-state index in [1.165, 1.54) is 12.4 Å². The van der Waals surface area contributed by atoms with Gasteiger partial charge in [0, 0.05) is 24.3 Å². The van der Waals surface area contributed by atoms with Gasteiger partial charge in [0.05, 0.1) is 27.7 Å². The zero-order valence-corrected chi connectivity index (χ0v) is 16.8. The smallest absolute Gasteiger partial charge is 0.416 e. The molecule has 0 spiro atoms. The second-order valence-electron chi connectivity index (χ2n) is 7.09. The second kappa shape index (κ2) is 7.09. The van der Waals surface area contributed by atoms with Gasteiger partial charge in [0.1, 0.15) is 0 Å². The average Bonchev–Trinajstić information content (AvgIpc) is 3.00. The van der Waals surface area contributed by atoms with Gasteiger partial charge in [-0.25, -0.2) is 18.2 Å². The number of aromatic nitrogens is 2. The summed E-state index contributed by atoms with van der Waals surface area (Å²) in [5.74, 6) is -1.23. The highest BCUT2D eigenvalue weighted by molar-refractivity contribution is 7.90. The monoisotopic (exact) mass is 448 g/mol. The topological polar surface area (TPSA) is 88.7 Å².